The maximum absolute atomic E-state index is 12.4. The smallest absolute Gasteiger partial charge is 0.240 e. The summed E-state index contributed by atoms with van der Waals surface area (Å²) in [6, 6.07) is 15.1. The van der Waals surface area contributed by atoms with Gasteiger partial charge in [0, 0.05) is 18.7 Å². The van der Waals surface area contributed by atoms with Gasteiger partial charge in [0.05, 0.1) is 4.90 Å². The second-order valence-electron chi connectivity index (χ2n) is 6.61. The zero-order valence-corrected chi connectivity index (χ0v) is 19.0. The number of thioether (sulfide) groups is 1. The molecule has 2 aromatic carbocycles. The van der Waals surface area contributed by atoms with E-state index < -0.39 is 10.0 Å². The Hall–Kier alpha value is -2.27. The molecule has 2 N–H and O–H groups in total. The van der Waals surface area contributed by atoms with E-state index in [4.69, 9.17) is 0 Å². The van der Waals surface area contributed by atoms with E-state index in [1.54, 1.807) is 30.8 Å². The van der Waals surface area contributed by atoms with Gasteiger partial charge in [-0.25, -0.2) is 13.1 Å². The molecule has 7 nitrogen and oxygen atoms in total. The van der Waals surface area contributed by atoms with Crippen molar-refractivity contribution in [3.63, 3.8) is 0 Å². The summed E-state index contributed by atoms with van der Waals surface area (Å²) in [6.07, 6.45) is -0.00376. The van der Waals surface area contributed by atoms with E-state index in [1.807, 2.05) is 43.3 Å². The number of nitrogens with one attached hydrogen (secondary N) is 2. The van der Waals surface area contributed by atoms with Crippen LogP contribution in [-0.2, 0) is 20.6 Å². The fourth-order valence-corrected chi connectivity index (χ4v) is 5.68. The average molecular weight is 463 g/mol. The Morgan fingerprint density at radius 2 is 1.87 bits per heavy atom. The Morgan fingerprint density at radius 3 is 2.60 bits per heavy atom. The van der Waals surface area contributed by atoms with Gasteiger partial charge in [0.25, 0.3) is 0 Å². The summed E-state index contributed by atoms with van der Waals surface area (Å²) < 4.78 is 28.1. The van der Waals surface area contributed by atoms with Gasteiger partial charge >= 0.3 is 0 Å². The van der Waals surface area contributed by atoms with Crippen LogP contribution < -0.4 is 10.0 Å². The number of carbonyl (C=O) groups is 1. The van der Waals surface area contributed by atoms with Gasteiger partial charge in [-0.05, 0) is 31.0 Å². The first-order valence-corrected chi connectivity index (χ1v) is 12.5. The predicted octanol–water partition coefficient (Wildman–Crippen LogP) is 3.75. The fraction of sp³-hybridized carbons (Fsp3) is 0.250. The second-order valence-corrected chi connectivity index (χ2v) is 10.5. The number of aromatic nitrogens is 2. The van der Waals surface area contributed by atoms with Crippen LogP contribution in [0.25, 0.3) is 0 Å². The van der Waals surface area contributed by atoms with Crippen molar-refractivity contribution in [3.05, 3.63) is 65.2 Å². The molecule has 3 rings (SSSR count). The molecule has 10 heteroatoms. The van der Waals surface area contributed by atoms with Crippen LogP contribution in [-0.4, -0.2) is 31.1 Å². The average Bonchev–Trinajstić information content (AvgIpc) is 3.14. The topological polar surface area (TPSA) is 101 Å². The lowest BCUT2D eigenvalue weighted by atomic mass is 10.2. The Morgan fingerprint density at radius 1 is 1.10 bits per heavy atom. The SMILES string of the molecule is Cc1ccc(S(=O)(=O)NCCC(=O)Nc2nnc(SCc3ccccc3)s2)c(C)c1. The van der Waals surface area contributed by atoms with Crippen LogP contribution in [0.3, 0.4) is 0 Å². The summed E-state index contributed by atoms with van der Waals surface area (Å²) in [5, 5.41) is 11.1. The lowest BCUT2D eigenvalue weighted by molar-refractivity contribution is -0.116. The molecule has 30 heavy (non-hydrogen) atoms. The summed E-state index contributed by atoms with van der Waals surface area (Å²) in [5.41, 5.74) is 2.84. The van der Waals surface area contributed by atoms with E-state index in [0.29, 0.717) is 10.7 Å². The first-order chi connectivity index (χ1) is 14.3. The first-order valence-electron chi connectivity index (χ1n) is 9.20. The molecule has 158 valence electrons. The van der Waals surface area contributed by atoms with Crippen molar-refractivity contribution in [2.45, 2.75) is 35.3 Å². The molecule has 0 spiro atoms. The molecule has 0 aliphatic carbocycles. The molecule has 0 bridgehead atoms. The van der Waals surface area contributed by atoms with Crippen LogP contribution in [0.5, 0.6) is 0 Å². The molecule has 0 aliphatic rings. The normalized spacial score (nSPS) is 11.4. The molecule has 1 amide bonds. The van der Waals surface area contributed by atoms with Gasteiger partial charge in [0.15, 0.2) is 4.34 Å². The molecule has 3 aromatic rings. The molecule has 0 unspecified atom stereocenters. The van der Waals surface area contributed by atoms with Crippen LogP contribution in [0.1, 0.15) is 23.1 Å². The Balaban J connectivity index is 1.46. The molecular formula is C20H22N4O3S3. The minimum atomic E-state index is -3.66. The van der Waals surface area contributed by atoms with Gasteiger partial charge in [-0.2, -0.15) is 0 Å². The molecule has 1 aromatic heterocycles. The van der Waals surface area contributed by atoms with Gasteiger partial charge in [-0.1, -0.05) is 71.1 Å². The maximum atomic E-state index is 12.4. The van der Waals surface area contributed by atoms with Gasteiger partial charge in [0.2, 0.25) is 21.1 Å². The van der Waals surface area contributed by atoms with Crippen molar-refractivity contribution >= 4 is 44.2 Å². The third-order valence-corrected chi connectivity index (χ3v) is 7.79. The number of anilines is 1. The lowest BCUT2D eigenvalue weighted by Gasteiger charge is -2.09. The maximum Gasteiger partial charge on any atom is 0.240 e. The van der Waals surface area contributed by atoms with E-state index in [-0.39, 0.29) is 23.8 Å². The number of sulfonamides is 1. The van der Waals surface area contributed by atoms with Crippen molar-refractivity contribution < 1.29 is 13.2 Å². The number of carbonyl (C=O) groups excluding carboxylic acids is 1. The summed E-state index contributed by atoms with van der Waals surface area (Å²) in [6.45, 7) is 3.65. The van der Waals surface area contributed by atoms with Crippen molar-refractivity contribution in [1.82, 2.24) is 14.9 Å². The van der Waals surface area contributed by atoms with Crippen molar-refractivity contribution in [2.24, 2.45) is 0 Å². The van der Waals surface area contributed by atoms with Crippen molar-refractivity contribution in [1.29, 1.82) is 0 Å². The number of benzene rings is 2. The van der Waals surface area contributed by atoms with Crippen LogP contribution in [0.2, 0.25) is 0 Å². The molecule has 0 radical (unpaired) electrons. The number of hydrogen-bond acceptors (Lipinski definition) is 7. The highest BCUT2D eigenvalue weighted by molar-refractivity contribution is 8.00. The fourth-order valence-electron chi connectivity index (χ4n) is 2.70. The highest BCUT2D eigenvalue weighted by Gasteiger charge is 2.17. The largest absolute Gasteiger partial charge is 0.300 e. The molecule has 0 fully saturated rings. The van der Waals surface area contributed by atoms with Crippen LogP contribution in [0.15, 0.2) is 57.8 Å². The van der Waals surface area contributed by atoms with E-state index in [9.17, 15) is 13.2 Å². The van der Waals surface area contributed by atoms with Gasteiger partial charge in [-0.3, -0.25) is 4.79 Å². The van der Waals surface area contributed by atoms with Crippen molar-refractivity contribution in [2.75, 3.05) is 11.9 Å². The monoisotopic (exact) mass is 462 g/mol. The van der Waals surface area contributed by atoms with E-state index >= 15 is 0 Å². The minimum absolute atomic E-state index is 0.00376. The molecule has 0 saturated heterocycles. The van der Waals surface area contributed by atoms with Crippen LogP contribution >= 0.6 is 23.1 Å². The van der Waals surface area contributed by atoms with Crippen LogP contribution in [0, 0.1) is 13.8 Å². The minimum Gasteiger partial charge on any atom is -0.300 e. The summed E-state index contributed by atoms with van der Waals surface area (Å²) in [7, 11) is -3.66. The van der Waals surface area contributed by atoms with E-state index in [2.05, 4.69) is 20.2 Å². The predicted molar refractivity (Wildman–Crippen MR) is 120 cm³/mol. The number of amides is 1. The zero-order valence-electron chi connectivity index (χ0n) is 16.6. The summed E-state index contributed by atoms with van der Waals surface area (Å²) >= 11 is 2.83. The quantitative estimate of drug-likeness (QED) is 0.371. The van der Waals surface area contributed by atoms with E-state index in [0.717, 1.165) is 15.7 Å². The molecule has 1 heterocycles. The highest BCUT2D eigenvalue weighted by Crippen LogP contribution is 2.28. The zero-order chi connectivity index (χ0) is 21.6. The lowest BCUT2D eigenvalue weighted by Crippen LogP contribution is -2.28. The van der Waals surface area contributed by atoms with E-state index in [1.165, 1.54) is 16.9 Å². The standard InChI is InChI=1S/C20H22N4O3S3/c1-14-8-9-17(15(2)12-14)30(26,27)21-11-10-18(25)22-19-23-24-20(29-19)28-13-16-6-4-3-5-7-16/h3-9,12,21H,10-11,13H2,1-2H3,(H,22,23,25). The second kappa shape index (κ2) is 10.2. The third-order valence-electron chi connectivity index (χ3n) is 4.12. The molecule has 0 saturated carbocycles. The van der Waals surface area contributed by atoms with Crippen molar-refractivity contribution in [3.8, 4) is 0 Å². The molecule has 0 aliphatic heterocycles. The van der Waals surface area contributed by atoms with Gasteiger partial charge in [0.1, 0.15) is 0 Å². The number of aryl methyl sites for hydroxylation is 2. The first kappa shape index (κ1) is 22.4. The highest BCUT2D eigenvalue weighted by atomic mass is 32.2. The molecular weight excluding hydrogens is 440 g/mol. The Labute approximate surface area is 184 Å². The Bertz CT molecular complexity index is 1120. The summed E-state index contributed by atoms with van der Waals surface area (Å²) in [5.74, 6) is 0.443. The number of nitrogens with zero attached hydrogens (tertiary/aromatic N) is 2. The Kier molecular flexibility index (Phi) is 7.59. The van der Waals surface area contributed by atoms with Crippen LogP contribution in [0.4, 0.5) is 5.13 Å². The summed E-state index contributed by atoms with van der Waals surface area (Å²) in [4.78, 5) is 12.3. The third kappa shape index (κ3) is 6.36. The number of rotatable bonds is 9. The number of hydrogen-bond donors (Lipinski definition) is 2. The van der Waals surface area contributed by atoms with Gasteiger partial charge in [-0.15, -0.1) is 10.2 Å². The molecule has 0 atom stereocenters. The van der Waals surface area contributed by atoms with Gasteiger partial charge < -0.3 is 5.32 Å².